The van der Waals surface area contributed by atoms with Gasteiger partial charge in [-0.05, 0) is 32.9 Å². The SMILES string of the molecule is O=C(O)C[C@@H](O)c1csc(Br)c1. The lowest BCUT2D eigenvalue weighted by molar-refractivity contribution is -0.139. The maximum Gasteiger partial charge on any atom is 0.306 e. The quantitative estimate of drug-likeness (QED) is 0.863. The van der Waals surface area contributed by atoms with Crippen LogP contribution >= 0.6 is 27.3 Å². The summed E-state index contributed by atoms with van der Waals surface area (Å²) in [6.45, 7) is 0. The summed E-state index contributed by atoms with van der Waals surface area (Å²) in [5.74, 6) is -0.996. The maximum atomic E-state index is 10.2. The third-order valence-corrected chi connectivity index (χ3v) is 2.86. The molecule has 1 aromatic rings. The van der Waals surface area contributed by atoms with Crippen molar-refractivity contribution in [3.8, 4) is 0 Å². The molecule has 0 amide bonds. The van der Waals surface area contributed by atoms with Crippen molar-refractivity contribution >= 4 is 33.2 Å². The van der Waals surface area contributed by atoms with Gasteiger partial charge in [0.25, 0.3) is 0 Å². The highest BCUT2D eigenvalue weighted by atomic mass is 79.9. The third-order valence-electron chi connectivity index (χ3n) is 1.34. The standard InChI is InChI=1S/C7H7BrO3S/c8-6-1-4(3-12-6)5(9)2-7(10)11/h1,3,5,9H,2H2,(H,10,11)/t5-/m1/s1. The van der Waals surface area contributed by atoms with E-state index in [9.17, 15) is 9.90 Å². The highest BCUT2D eigenvalue weighted by Crippen LogP contribution is 2.26. The van der Waals surface area contributed by atoms with Crippen LogP contribution in [0.5, 0.6) is 0 Å². The van der Waals surface area contributed by atoms with Gasteiger partial charge in [-0.2, -0.15) is 0 Å². The normalized spacial score (nSPS) is 12.8. The molecular formula is C7H7BrO3S. The Morgan fingerprint density at radius 3 is 2.83 bits per heavy atom. The Kier molecular flexibility index (Phi) is 3.25. The molecule has 2 N–H and O–H groups in total. The number of rotatable bonds is 3. The van der Waals surface area contributed by atoms with Gasteiger partial charge in [-0.15, -0.1) is 11.3 Å². The van der Waals surface area contributed by atoms with Gasteiger partial charge in [-0.3, -0.25) is 4.79 Å². The van der Waals surface area contributed by atoms with Crippen LogP contribution in [0.2, 0.25) is 0 Å². The van der Waals surface area contributed by atoms with E-state index in [0.717, 1.165) is 3.79 Å². The molecule has 0 unspecified atom stereocenters. The van der Waals surface area contributed by atoms with Crippen molar-refractivity contribution in [2.75, 3.05) is 0 Å². The number of aliphatic hydroxyl groups excluding tert-OH is 1. The fraction of sp³-hybridized carbons (Fsp3) is 0.286. The van der Waals surface area contributed by atoms with Crippen molar-refractivity contribution in [3.63, 3.8) is 0 Å². The summed E-state index contributed by atoms with van der Waals surface area (Å²) in [5.41, 5.74) is 0.647. The van der Waals surface area contributed by atoms with Gasteiger partial charge in [0, 0.05) is 0 Å². The van der Waals surface area contributed by atoms with E-state index in [0.29, 0.717) is 5.56 Å². The number of thiophene rings is 1. The number of carbonyl (C=O) groups is 1. The summed E-state index contributed by atoms with van der Waals surface area (Å²) < 4.78 is 0.891. The van der Waals surface area contributed by atoms with Crippen LogP contribution in [-0.4, -0.2) is 16.2 Å². The number of hydrogen-bond donors (Lipinski definition) is 2. The second-order valence-electron chi connectivity index (χ2n) is 2.30. The summed E-state index contributed by atoms with van der Waals surface area (Å²) in [6, 6.07) is 1.72. The van der Waals surface area contributed by atoms with E-state index >= 15 is 0 Å². The predicted octanol–water partition coefficient (Wildman–Crippen LogP) is 2.02. The molecule has 0 fully saturated rings. The van der Waals surface area contributed by atoms with Crippen LogP contribution < -0.4 is 0 Å². The van der Waals surface area contributed by atoms with Gasteiger partial charge in [0.2, 0.25) is 0 Å². The van der Waals surface area contributed by atoms with Gasteiger partial charge in [0.15, 0.2) is 0 Å². The van der Waals surface area contributed by atoms with Crippen LogP contribution in [0, 0.1) is 0 Å². The summed E-state index contributed by atoms with van der Waals surface area (Å²) in [4.78, 5) is 10.2. The molecule has 3 nitrogen and oxygen atoms in total. The van der Waals surface area contributed by atoms with Gasteiger partial charge in [-0.1, -0.05) is 0 Å². The molecule has 0 saturated carbocycles. The summed E-state index contributed by atoms with van der Waals surface area (Å²) in [5, 5.41) is 19.4. The largest absolute Gasteiger partial charge is 0.481 e. The number of carboxylic acid groups (broad SMARTS) is 1. The van der Waals surface area contributed by atoms with E-state index in [1.807, 2.05) is 0 Å². The highest BCUT2D eigenvalue weighted by molar-refractivity contribution is 9.11. The Bertz CT molecular complexity index is 284. The molecule has 1 atom stereocenters. The van der Waals surface area contributed by atoms with E-state index < -0.39 is 12.1 Å². The molecule has 1 rings (SSSR count). The first-order valence-corrected chi connectivity index (χ1v) is 4.90. The van der Waals surface area contributed by atoms with Gasteiger partial charge < -0.3 is 10.2 Å². The molecule has 0 aliphatic rings. The molecule has 0 spiro atoms. The molecule has 0 radical (unpaired) electrons. The van der Waals surface area contributed by atoms with E-state index in [2.05, 4.69) is 15.9 Å². The number of aliphatic hydroxyl groups is 1. The van der Waals surface area contributed by atoms with Gasteiger partial charge in [0.1, 0.15) is 0 Å². The zero-order valence-corrected chi connectivity index (χ0v) is 8.43. The summed E-state index contributed by atoms with van der Waals surface area (Å²) in [7, 11) is 0. The number of aliphatic carboxylic acids is 1. The Morgan fingerprint density at radius 2 is 2.42 bits per heavy atom. The summed E-state index contributed by atoms with van der Waals surface area (Å²) >= 11 is 4.65. The third kappa shape index (κ3) is 2.58. The smallest absolute Gasteiger partial charge is 0.306 e. The van der Waals surface area contributed by atoms with Crippen LogP contribution in [0.4, 0.5) is 0 Å². The van der Waals surface area contributed by atoms with Crippen LogP contribution in [0.15, 0.2) is 15.2 Å². The fourth-order valence-electron chi connectivity index (χ4n) is 0.781. The minimum absolute atomic E-state index is 0.247. The van der Waals surface area contributed by atoms with E-state index in [1.54, 1.807) is 11.4 Å². The Morgan fingerprint density at radius 1 is 1.75 bits per heavy atom. The molecule has 1 heterocycles. The van der Waals surface area contributed by atoms with E-state index in [1.165, 1.54) is 11.3 Å². The predicted molar refractivity (Wildman–Crippen MR) is 49.2 cm³/mol. The lowest BCUT2D eigenvalue weighted by Gasteiger charge is -2.03. The van der Waals surface area contributed by atoms with Gasteiger partial charge in [0.05, 0.1) is 16.3 Å². The number of carboxylic acids is 1. The Hall–Kier alpha value is -0.390. The zero-order valence-electron chi connectivity index (χ0n) is 6.03. The zero-order chi connectivity index (χ0) is 9.14. The van der Waals surface area contributed by atoms with Crippen molar-refractivity contribution in [1.82, 2.24) is 0 Å². The topological polar surface area (TPSA) is 57.5 Å². The molecular weight excluding hydrogens is 244 g/mol. The minimum atomic E-state index is -0.996. The van der Waals surface area contributed by atoms with Gasteiger partial charge >= 0.3 is 5.97 Å². The van der Waals surface area contributed by atoms with E-state index in [4.69, 9.17) is 5.11 Å². The Labute approximate surface area is 81.8 Å². The second kappa shape index (κ2) is 4.02. The first-order valence-electron chi connectivity index (χ1n) is 3.23. The molecule has 12 heavy (non-hydrogen) atoms. The molecule has 0 saturated heterocycles. The number of hydrogen-bond acceptors (Lipinski definition) is 3. The lowest BCUT2D eigenvalue weighted by Crippen LogP contribution is -2.04. The van der Waals surface area contributed by atoms with Crippen LogP contribution in [0.25, 0.3) is 0 Å². The maximum absolute atomic E-state index is 10.2. The van der Waals surface area contributed by atoms with Crippen molar-refractivity contribution in [2.45, 2.75) is 12.5 Å². The van der Waals surface area contributed by atoms with E-state index in [-0.39, 0.29) is 6.42 Å². The van der Waals surface area contributed by atoms with Crippen LogP contribution in [0.1, 0.15) is 18.1 Å². The summed E-state index contributed by atoms with van der Waals surface area (Å²) in [6.07, 6.45) is -1.14. The van der Waals surface area contributed by atoms with Crippen molar-refractivity contribution in [2.24, 2.45) is 0 Å². The van der Waals surface area contributed by atoms with Crippen LogP contribution in [0.3, 0.4) is 0 Å². The van der Waals surface area contributed by atoms with Crippen LogP contribution in [-0.2, 0) is 4.79 Å². The first kappa shape index (κ1) is 9.70. The molecule has 0 bridgehead atoms. The minimum Gasteiger partial charge on any atom is -0.481 e. The highest BCUT2D eigenvalue weighted by Gasteiger charge is 2.12. The molecule has 0 aliphatic heterocycles. The van der Waals surface area contributed by atoms with Crippen molar-refractivity contribution in [1.29, 1.82) is 0 Å². The molecule has 5 heteroatoms. The van der Waals surface area contributed by atoms with Gasteiger partial charge in [-0.25, -0.2) is 0 Å². The monoisotopic (exact) mass is 250 g/mol. The molecule has 1 aromatic heterocycles. The average molecular weight is 251 g/mol. The van der Waals surface area contributed by atoms with Crippen molar-refractivity contribution < 1.29 is 15.0 Å². The Balaban J connectivity index is 2.64. The molecule has 66 valence electrons. The fourth-order valence-corrected chi connectivity index (χ4v) is 2.00. The first-order chi connectivity index (χ1) is 5.59. The second-order valence-corrected chi connectivity index (χ2v) is 4.59. The average Bonchev–Trinajstić information content (AvgIpc) is 2.34. The molecule has 0 aliphatic carbocycles. The lowest BCUT2D eigenvalue weighted by atomic mass is 10.1. The molecule has 0 aromatic carbocycles. The number of halogens is 1. The van der Waals surface area contributed by atoms with Crippen molar-refractivity contribution in [3.05, 3.63) is 20.8 Å².